The van der Waals surface area contributed by atoms with Crippen LogP contribution in [0.1, 0.15) is 27.7 Å². The first-order chi connectivity index (χ1) is 4.54. The summed E-state index contributed by atoms with van der Waals surface area (Å²) >= 11 is 2.79. The summed E-state index contributed by atoms with van der Waals surface area (Å²) < 4.78 is -1.18. The van der Waals surface area contributed by atoms with Crippen molar-refractivity contribution in [1.29, 1.82) is 0 Å². The monoisotopic (exact) mass is 274 g/mol. The Balaban J connectivity index is 4.42. The summed E-state index contributed by atoms with van der Waals surface area (Å²) in [6.07, 6.45) is 5.70. The van der Waals surface area contributed by atoms with E-state index in [2.05, 4.69) is 49.7 Å². The Kier molecular flexibility index (Phi) is 4.14. The molecule has 0 saturated heterocycles. The molecule has 0 atom stereocenters. The van der Waals surface area contributed by atoms with Gasteiger partial charge in [-0.15, -0.1) is 0 Å². The van der Waals surface area contributed by atoms with Crippen LogP contribution in [0.3, 0.4) is 0 Å². The van der Waals surface area contributed by atoms with Gasteiger partial charge in [-0.1, -0.05) is 0 Å². The quantitative estimate of drug-likeness (QED) is 0.537. The van der Waals surface area contributed by atoms with Crippen molar-refractivity contribution in [3.63, 3.8) is 0 Å². The van der Waals surface area contributed by atoms with Crippen molar-refractivity contribution in [2.45, 2.75) is 27.7 Å². The molecule has 0 radical (unpaired) electrons. The van der Waals surface area contributed by atoms with E-state index in [1.165, 1.54) is 24.6 Å². The zero-order chi connectivity index (χ0) is 8.28. The Morgan fingerprint density at radius 1 is 0.800 bits per heavy atom. The molecule has 2 heteroatoms. The van der Waals surface area contributed by atoms with E-state index in [4.69, 9.17) is 0 Å². The van der Waals surface area contributed by atoms with Crippen molar-refractivity contribution in [3.8, 4) is 0 Å². The van der Waals surface area contributed by atoms with Gasteiger partial charge in [0.25, 0.3) is 0 Å². The predicted octanol–water partition coefficient (Wildman–Crippen LogP) is 3.97. The Bertz CT molecular complexity index is 84.3. The summed E-state index contributed by atoms with van der Waals surface area (Å²) in [6.45, 7) is 9.45. The molecule has 0 unspecified atom stereocenters. The van der Waals surface area contributed by atoms with Crippen LogP contribution in [0, 0.1) is 0 Å². The maximum absolute atomic E-state index is 2.79. The molecule has 0 fully saturated rings. The van der Waals surface area contributed by atoms with Gasteiger partial charge in [-0.25, -0.2) is 0 Å². The van der Waals surface area contributed by atoms with E-state index in [-0.39, 0.29) is 0 Å². The van der Waals surface area contributed by atoms with Crippen LogP contribution >= 0.6 is 26.3 Å². The molecule has 0 N–H and O–H groups in total. The number of rotatable bonds is 4. The molecule has 0 bridgehead atoms. The van der Waals surface area contributed by atoms with Gasteiger partial charge in [-0.2, -0.15) is 0 Å². The molecule has 0 heterocycles. The molecular weight excluding hydrogens is 254 g/mol. The van der Waals surface area contributed by atoms with Crippen LogP contribution in [0.5, 0.6) is 0 Å². The summed E-state index contributed by atoms with van der Waals surface area (Å²) in [5.74, 6) is 0. The number of halogens is 1. The molecular formula is C8H20IP. The normalized spacial score (nSPS) is 16.3. The van der Waals surface area contributed by atoms with E-state index in [0.717, 1.165) is 0 Å². The first kappa shape index (κ1) is 11.2. The van der Waals surface area contributed by atoms with Crippen LogP contribution in [-0.4, -0.2) is 24.6 Å². The van der Waals surface area contributed by atoms with Gasteiger partial charge in [0.1, 0.15) is 0 Å². The molecule has 10 heavy (non-hydrogen) atoms. The first-order valence-corrected chi connectivity index (χ1v) is 10.0. The number of hydrogen-bond donors (Lipinski definition) is 0. The Labute approximate surface area is 78.6 Å². The fourth-order valence-corrected chi connectivity index (χ4v) is 4.02. The Hall–Kier alpha value is 1.16. The van der Waals surface area contributed by atoms with Crippen molar-refractivity contribution < 1.29 is 0 Å². The van der Waals surface area contributed by atoms with Gasteiger partial charge in [-0.3, -0.25) is 0 Å². The van der Waals surface area contributed by atoms with Crippen LogP contribution in [-0.2, 0) is 0 Å². The van der Waals surface area contributed by atoms with E-state index in [0.29, 0.717) is 0 Å². The van der Waals surface area contributed by atoms with Gasteiger partial charge < -0.3 is 0 Å². The van der Waals surface area contributed by atoms with Crippen molar-refractivity contribution >= 4 is 26.3 Å². The van der Waals surface area contributed by atoms with Gasteiger partial charge in [0.15, 0.2) is 0 Å². The summed E-state index contributed by atoms with van der Waals surface area (Å²) in [4.78, 5) is 0. The Morgan fingerprint density at radius 2 is 1.00 bits per heavy atom. The standard InChI is InChI=1S/C8H20IP/c1-5-10(9,6-2,7-3)8-4/h5-8H2,1-4H3. The molecule has 0 aromatic heterocycles. The van der Waals surface area contributed by atoms with Gasteiger partial charge in [-0.05, 0) is 0 Å². The van der Waals surface area contributed by atoms with Gasteiger partial charge >= 0.3 is 78.6 Å². The van der Waals surface area contributed by atoms with Gasteiger partial charge in [0.05, 0.1) is 0 Å². The summed E-state index contributed by atoms with van der Waals surface area (Å²) in [7, 11) is 0. The third kappa shape index (κ3) is 2.07. The van der Waals surface area contributed by atoms with E-state index < -0.39 is 4.25 Å². The van der Waals surface area contributed by atoms with Crippen molar-refractivity contribution in [2.75, 3.05) is 24.6 Å². The SMILES string of the molecule is CCP(I)(CC)(CC)CC. The molecule has 0 nitrogen and oxygen atoms in total. The van der Waals surface area contributed by atoms with E-state index in [1.54, 1.807) is 0 Å². The minimum absolute atomic E-state index is 1.18. The molecule has 0 aliphatic heterocycles. The molecule has 0 aromatic rings. The predicted molar refractivity (Wildman–Crippen MR) is 63.1 cm³/mol. The zero-order valence-electron chi connectivity index (χ0n) is 7.65. The van der Waals surface area contributed by atoms with Gasteiger partial charge in [0.2, 0.25) is 0 Å². The van der Waals surface area contributed by atoms with E-state index >= 15 is 0 Å². The molecule has 0 saturated carbocycles. The average Bonchev–Trinajstić information content (AvgIpc) is 2.04. The molecule has 0 aromatic carbocycles. The zero-order valence-corrected chi connectivity index (χ0v) is 10.7. The fourth-order valence-electron chi connectivity index (χ4n) is 1.34. The molecule has 64 valence electrons. The van der Waals surface area contributed by atoms with E-state index in [9.17, 15) is 0 Å². The molecule has 0 aliphatic carbocycles. The summed E-state index contributed by atoms with van der Waals surface area (Å²) in [5.41, 5.74) is 0. The first-order valence-electron chi connectivity index (χ1n) is 4.26. The fraction of sp³-hybridized carbons (Fsp3) is 1.00. The average molecular weight is 274 g/mol. The van der Waals surface area contributed by atoms with Crippen LogP contribution in [0.15, 0.2) is 0 Å². The number of hydrogen-bond acceptors (Lipinski definition) is 0. The van der Waals surface area contributed by atoms with Crippen LogP contribution in [0.4, 0.5) is 0 Å². The Morgan fingerprint density at radius 3 is 1.00 bits per heavy atom. The second-order valence-electron chi connectivity index (χ2n) is 3.08. The minimum atomic E-state index is -1.18. The van der Waals surface area contributed by atoms with Crippen LogP contribution in [0.2, 0.25) is 0 Å². The third-order valence-corrected chi connectivity index (χ3v) is 17.7. The van der Waals surface area contributed by atoms with Crippen molar-refractivity contribution in [1.82, 2.24) is 0 Å². The molecule has 0 amide bonds. The van der Waals surface area contributed by atoms with Gasteiger partial charge in [0, 0.05) is 0 Å². The summed E-state index contributed by atoms with van der Waals surface area (Å²) in [6, 6.07) is 0. The van der Waals surface area contributed by atoms with E-state index in [1.807, 2.05) is 0 Å². The van der Waals surface area contributed by atoms with Crippen LogP contribution in [0.25, 0.3) is 0 Å². The second-order valence-corrected chi connectivity index (χ2v) is 17.4. The molecule has 0 aliphatic rings. The second kappa shape index (κ2) is 3.71. The molecule has 0 spiro atoms. The summed E-state index contributed by atoms with van der Waals surface area (Å²) in [5, 5.41) is 0. The maximum atomic E-state index is 2.79. The third-order valence-electron chi connectivity index (χ3n) is 3.16. The van der Waals surface area contributed by atoms with Crippen molar-refractivity contribution in [3.05, 3.63) is 0 Å². The topological polar surface area (TPSA) is 0 Å². The van der Waals surface area contributed by atoms with Crippen molar-refractivity contribution in [2.24, 2.45) is 0 Å². The van der Waals surface area contributed by atoms with Crippen LogP contribution < -0.4 is 0 Å². The molecule has 0 rings (SSSR count).